The van der Waals surface area contributed by atoms with Crippen molar-refractivity contribution in [1.29, 1.82) is 0 Å². The summed E-state index contributed by atoms with van der Waals surface area (Å²) in [7, 11) is 3.18. The Kier molecular flexibility index (Phi) is 7.08. The molecule has 0 spiro atoms. The van der Waals surface area contributed by atoms with Crippen LogP contribution in [-0.4, -0.2) is 42.1 Å². The highest BCUT2D eigenvalue weighted by molar-refractivity contribution is 7.80. The SMILES string of the molecule is COc1ccc(NC(=O)C[C@@H]2C(=O)N(c3ccccc3)C(=S)N2Cc2ccccc2OC)cc1. The van der Waals surface area contributed by atoms with Crippen LogP contribution in [0.1, 0.15) is 12.0 Å². The lowest BCUT2D eigenvalue weighted by Crippen LogP contribution is -2.37. The summed E-state index contributed by atoms with van der Waals surface area (Å²) in [4.78, 5) is 29.7. The first-order valence-electron chi connectivity index (χ1n) is 10.8. The number of rotatable bonds is 8. The highest BCUT2D eigenvalue weighted by Crippen LogP contribution is 2.30. The molecule has 34 heavy (non-hydrogen) atoms. The number of hydrogen-bond donors (Lipinski definition) is 1. The third-order valence-corrected chi connectivity index (χ3v) is 6.04. The molecule has 1 heterocycles. The fourth-order valence-corrected chi connectivity index (χ4v) is 4.29. The second-order valence-corrected chi connectivity index (χ2v) is 8.09. The van der Waals surface area contributed by atoms with Crippen LogP contribution in [0.15, 0.2) is 78.9 Å². The zero-order chi connectivity index (χ0) is 24.1. The van der Waals surface area contributed by atoms with Crippen molar-refractivity contribution in [3.05, 3.63) is 84.4 Å². The molecule has 1 N–H and O–H groups in total. The number of thiocarbonyl (C=S) groups is 1. The maximum Gasteiger partial charge on any atom is 0.256 e. The molecule has 0 bridgehead atoms. The lowest BCUT2D eigenvalue weighted by molar-refractivity contribution is -0.124. The number of carbonyl (C=O) groups excluding carboxylic acids is 2. The average Bonchev–Trinajstić information content (AvgIpc) is 3.09. The molecule has 0 radical (unpaired) electrons. The summed E-state index contributed by atoms with van der Waals surface area (Å²) in [6.07, 6.45) is -0.0521. The summed E-state index contributed by atoms with van der Waals surface area (Å²) < 4.78 is 10.6. The third kappa shape index (κ3) is 4.87. The second-order valence-electron chi connectivity index (χ2n) is 7.73. The van der Waals surface area contributed by atoms with E-state index in [1.54, 1.807) is 43.4 Å². The van der Waals surface area contributed by atoms with Crippen LogP contribution in [0.2, 0.25) is 0 Å². The molecule has 0 unspecified atom stereocenters. The summed E-state index contributed by atoms with van der Waals surface area (Å²) in [6, 6.07) is 23.0. The number of amides is 2. The molecule has 0 saturated carbocycles. The Bertz CT molecular complexity index is 1180. The van der Waals surface area contributed by atoms with Crippen LogP contribution in [0.25, 0.3) is 0 Å². The Labute approximate surface area is 203 Å². The van der Waals surface area contributed by atoms with Crippen molar-refractivity contribution in [1.82, 2.24) is 4.90 Å². The molecule has 3 aromatic carbocycles. The Morgan fingerprint density at radius 1 is 0.941 bits per heavy atom. The lowest BCUT2D eigenvalue weighted by Gasteiger charge is -2.24. The van der Waals surface area contributed by atoms with E-state index in [0.717, 1.165) is 5.56 Å². The van der Waals surface area contributed by atoms with Crippen LogP contribution < -0.4 is 19.7 Å². The van der Waals surface area contributed by atoms with Crippen molar-refractivity contribution >= 4 is 40.5 Å². The minimum atomic E-state index is -0.754. The number of carbonyl (C=O) groups is 2. The standard InChI is InChI=1S/C26H25N3O4S/c1-32-21-14-12-19(13-15-21)27-24(30)16-22-25(31)29(20-9-4-3-5-10-20)26(34)28(22)17-18-8-6-7-11-23(18)33-2/h3-15,22H,16-17H2,1-2H3,(H,27,30)/t22-/m1/s1. The molecule has 1 fully saturated rings. The van der Waals surface area contributed by atoms with Crippen LogP contribution in [0, 0.1) is 0 Å². The molecule has 1 atom stereocenters. The number of methoxy groups -OCH3 is 2. The largest absolute Gasteiger partial charge is 0.497 e. The number of nitrogens with zero attached hydrogens (tertiary/aromatic N) is 2. The first kappa shape index (κ1) is 23.3. The molecule has 3 aromatic rings. The van der Waals surface area contributed by atoms with Gasteiger partial charge in [-0.3, -0.25) is 14.5 Å². The van der Waals surface area contributed by atoms with Crippen LogP contribution in [0.4, 0.5) is 11.4 Å². The molecule has 1 aliphatic rings. The van der Waals surface area contributed by atoms with Gasteiger partial charge in [-0.25, -0.2) is 0 Å². The van der Waals surface area contributed by atoms with E-state index in [0.29, 0.717) is 34.5 Å². The van der Waals surface area contributed by atoms with E-state index in [2.05, 4.69) is 5.32 Å². The lowest BCUT2D eigenvalue weighted by atomic mass is 10.1. The quantitative estimate of drug-likeness (QED) is 0.492. The molecular formula is C26H25N3O4S. The number of anilines is 2. The highest BCUT2D eigenvalue weighted by atomic mass is 32.1. The van der Waals surface area contributed by atoms with Crippen LogP contribution in [0.3, 0.4) is 0 Å². The van der Waals surface area contributed by atoms with E-state index in [9.17, 15) is 9.59 Å². The summed E-state index contributed by atoms with van der Waals surface area (Å²) in [5.41, 5.74) is 2.16. The van der Waals surface area contributed by atoms with Gasteiger partial charge in [0.2, 0.25) is 5.91 Å². The Balaban J connectivity index is 1.60. The molecular weight excluding hydrogens is 450 g/mol. The first-order valence-corrected chi connectivity index (χ1v) is 11.2. The fourth-order valence-electron chi connectivity index (χ4n) is 3.91. The molecule has 174 valence electrons. The molecule has 1 saturated heterocycles. The van der Waals surface area contributed by atoms with Crippen LogP contribution >= 0.6 is 12.2 Å². The molecule has 8 heteroatoms. The molecule has 7 nitrogen and oxygen atoms in total. The van der Waals surface area contributed by atoms with E-state index in [1.165, 1.54) is 4.90 Å². The van der Waals surface area contributed by atoms with Gasteiger partial charge < -0.3 is 19.7 Å². The highest BCUT2D eigenvalue weighted by Gasteiger charge is 2.44. The molecule has 4 rings (SSSR count). The van der Waals surface area contributed by atoms with Crippen molar-refractivity contribution < 1.29 is 19.1 Å². The van der Waals surface area contributed by atoms with Gasteiger partial charge in [-0.15, -0.1) is 0 Å². The van der Waals surface area contributed by atoms with Gasteiger partial charge in [0.25, 0.3) is 5.91 Å². The minimum Gasteiger partial charge on any atom is -0.497 e. The second kappa shape index (κ2) is 10.4. The minimum absolute atomic E-state index is 0.0521. The van der Waals surface area contributed by atoms with Gasteiger partial charge >= 0.3 is 0 Å². The predicted molar refractivity (Wildman–Crippen MR) is 135 cm³/mol. The van der Waals surface area contributed by atoms with E-state index in [4.69, 9.17) is 21.7 Å². The predicted octanol–water partition coefficient (Wildman–Crippen LogP) is 4.23. The third-order valence-electron chi connectivity index (χ3n) is 5.62. The van der Waals surface area contributed by atoms with Gasteiger partial charge in [0.1, 0.15) is 17.5 Å². The molecule has 2 amide bonds. The smallest absolute Gasteiger partial charge is 0.256 e. The van der Waals surface area contributed by atoms with Crippen molar-refractivity contribution in [2.45, 2.75) is 19.0 Å². The monoisotopic (exact) mass is 475 g/mol. The Hall–Kier alpha value is -3.91. The van der Waals surface area contributed by atoms with E-state index in [-0.39, 0.29) is 18.2 Å². The first-order chi connectivity index (χ1) is 16.5. The van der Waals surface area contributed by atoms with Crippen LogP contribution in [0.5, 0.6) is 11.5 Å². The summed E-state index contributed by atoms with van der Waals surface area (Å²) in [5.74, 6) is 0.857. The van der Waals surface area contributed by atoms with Gasteiger partial charge in [0.15, 0.2) is 5.11 Å². The van der Waals surface area contributed by atoms with E-state index in [1.807, 2.05) is 54.6 Å². The zero-order valence-corrected chi connectivity index (χ0v) is 19.7. The number of para-hydroxylation sites is 2. The Morgan fingerprint density at radius 3 is 2.29 bits per heavy atom. The van der Waals surface area contributed by atoms with E-state index >= 15 is 0 Å². The summed E-state index contributed by atoms with van der Waals surface area (Å²) in [6.45, 7) is 0.332. The number of benzene rings is 3. The Morgan fingerprint density at radius 2 is 1.62 bits per heavy atom. The maximum absolute atomic E-state index is 13.5. The average molecular weight is 476 g/mol. The number of ether oxygens (including phenoxy) is 2. The molecule has 0 aliphatic carbocycles. The van der Waals surface area contributed by atoms with Gasteiger partial charge in [-0.1, -0.05) is 36.4 Å². The van der Waals surface area contributed by atoms with Gasteiger partial charge in [0, 0.05) is 17.8 Å². The summed E-state index contributed by atoms with van der Waals surface area (Å²) in [5, 5.41) is 3.21. The topological polar surface area (TPSA) is 71.1 Å². The molecule has 0 aromatic heterocycles. The summed E-state index contributed by atoms with van der Waals surface area (Å²) >= 11 is 5.73. The van der Waals surface area contributed by atoms with Crippen molar-refractivity contribution in [3.63, 3.8) is 0 Å². The molecule has 1 aliphatic heterocycles. The van der Waals surface area contributed by atoms with Gasteiger partial charge in [-0.2, -0.15) is 0 Å². The van der Waals surface area contributed by atoms with Crippen molar-refractivity contribution in [3.8, 4) is 11.5 Å². The number of nitrogens with one attached hydrogen (secondary N) is 1. The van der Waals surface area contributed by atoms with Gasteiger partial charge in [-0.05, 0) is 54.7 Å². The maximum atomic E-state index is 13.5. The van der Waals surface area contributed by atoms with Crippen molar-refractivity contribution in [2.75, 3.05) is 24.4 Å². The zero-order valence-electron chi connectivity index (χ0n) is 18.9. The van der Waals surface area contributed by atoms with E-state index < -0.39 is 6.04 Å². The number of hydrogen-bond acceptors (Lipinski definition) is 5. The van der Waals surface area contributed by atoms with Gasteiger partial charge in [0.05, 0.1) is 26.3 Å². The van der Waals surface area contributed by atoms with Crippen LogP contribution in [-0.2, 0) is 16.1 Å². The normalized spacial score (nSPS) is 15.4. The van der Waals surface area contributed by atoms with Crippen molar-refractivity contribution in [2.24, 2.45) is 0 Å². The fraction of sp³-hybridized carbons (Fsp3) is 0.192.